The van der Waals surface area contributed by atoms with E-state index in [1.807, 2.05) is 0 Å². The molecule has 0 amide bonds. The van der Waals surface area contributed by atoms with Crippen LogP contribution in [0.1, 0.15) is 6.92 Å². The summed E-state index contributed by atoms with van der Waals surface area (Å²) in [6, 6.07) is 0. The third-order valence-electron chi connectivity index (χ3n) is 0.791. The van der Waals surface area contributed by atoms with Gasteiger partial charge in [0.25, 0.3) is 0 Å². The Morgan fingerprint density at radius 1 is 1.67 bits per heavy atom. The summed E-state index contributed by atoms with van der Waals surface area (Å²) in [4.78, 5) is 0. The average molecular weight is 140 g/mol. The number of hydrogen-bond acceptors (Lipinski definition) is 1. The van der Waals surface area contributed by atoms with Crippen LogP contribution in [0.3, 0.4) is 0 Å². The number of alkyl halides is 1. The van der Waals surface area contributed by atoms with Crippen molar-refractivity contribution >= 4 is 0 Å². The highest BCUT2D eigenvalue weighted by molar-refractivity contribution is 4.96. The first kappa shape index (κ1) is 8.49. The molecule has 0 aromatic rings. The quantitative estimate of drug-likeness (QED) is 0.616. The minimum Gasteiger partial charge on any atom is -0.390 e. The van der Waals surface area contributed by atoms with Crippen LogP contribution in [0.2, 0.25) is 0 Å². The molecule has 0 aromatic heterocycles. The van der Waals surface area contributed by atoms with E-state index in [1.54, 1.807) is 0 Å². The molecule has 0 aliphatic carbocycles. The normalized spacial score (nSPS) is 19.4. The minimum absolute atomic E-state index is 0.503. The van der Waals surface area contributed by atoms with E-state index in [0.717, 1.165) is 6.92 Å². The van der Waals surface area contributed by atoms with E-state index in [4.69, 9.17) is 5.11 Å². The molecule has 0 bridgehead atoms. The third kappa shape index (κ3) is 2.51. The van der Waals surface area contributed by atoms with Gasteiger partial charge in [0.2, 0.25) is 0 Å². The molecule has 0 heterocycles. The summed E-state index contributed by atoms with van der Waals surface area (Å²) in [6.45, 7) is 1.04. The van der Waals surface area contributed by atoms with Gasteiger partial charge in [0.05, 0.1) is 6.10 Å². The van der Waals surface area contributed by atoms with Crippen LogP contribution in [0.25, 0.3) is 0 Å². The van der Waals surface area contributed by atoms with Crippen LogP contribution in [0.4, 0.5) is 13.2 Å². The van der Waals surface area contributed by atoms with E-state index in [0.29, 0.717) is 0 Å². The third-order valence-corrected chi connectivity index (χ3v) is 0.791. The Labute approximate surface area is 50.8 Å². The summed E-state index contributed by atoms with van der Waals surface area (Å²) >= 11 is 0. The number of hydrogen-bond donors (Lipinski definition) is 1. The number of aliphatic hydroxyl groups is 1. The van der Waals surface area contributed by atoms with E-state index >= 15 is 0 Å². The van der Waals surface area contributed by atoms with Gasteiger partial charge in [-0.25, -0.2) is 13.2 Å². The standard InChI is InChI=1S/C5H7F3O/c1-3(9)5(8)4(7)2-6/h2-3,5,9H,1H3. The molecule has 0 fully saturated rings. The Morgan fingerprint density at radius 3 is 2.22 bits per heavy atom. The fraction of sp³-hybridized carbons (Fsp3) is 0.600. The van der Waals surface area contributed by atoms with Crippen LogP contribution in [-0.4, -0.2) is 17.4 Å². The average Bonchev–Trinajstić information content (AvgIpc) is 1.84. The van der Waals surface area contributed by atoms with Crippen molar-refractivity contribution in [2.24, 2.45) is 0 Å². The van der Waals surface area contributed by atoms with Gasteiger partial charge in [-0.2, -0.15) is 0 Å². The lowest BCUT2D eigenvalue weighted by molar-refractivity contribution is 0.0989. The fourth-order valence-electron chi connectivity index (χ4n) is 0.291. The molecule has 2 atom stereocenters. The van der Waals surface area contributed by atoms with Crippen LogP contribution in [-0.2, 0) is 0 Å². The zero-order valence-corrected chi connectivity index (χ0v) is 4.81. The van der Waals surface area contributed by atoms with Crippen molar-refractivity contribution in [3.05, 3.63) is 12.2 Å². The molecule has 0 aromatic carbocycles. The summed E-state index contributed by atoms with van der Waals surface area (Å²) in [5.41, 5.74) is 0. The predicted molar refractivity (Wildman–Crippen MR) is 26.9 cm³/mol. The van der Waals surface area contributed by atoms with Crippen molar-refractivity contribution in [3.8, 4) is 0 Å². The van der Waals surface area contributed by atoms with Gasteiger partial charge >= 0.3 is 0 Å². The molecule has 0 radical (unpaired) electrons. The summed E-state index contributed by atoms with van der Waals surface area (Å²) in [6.07, 6.45) is -4.25. The van der Waals surface area contributed by atoms with E-state index in [2.05, 4.69) is 0 Å². The molecule has 9 heavy (non-hydrogen) atoms. The second-order valence-corrected chi connectivity index (χ2v) is 1.64. The lowest BCUT2D eigenvalue weighted by atomic mass is 10.2. The van der Waals surface area contributed by atoms with Gasteiger partial charge in [-0.05, 0) is 6.92 Å². The second kappa shape index (κ2) is 3.50. The second-order valence-electron chi connectivity index (χ2n) is 1.64. The van der Waals surface area contributed by atoms with E-state index in [-0.39, 0.29) is 0 Å². The topological polar surface area (TPSA) is 20.2 Å². The van der Waals surface area contributed by atoms with Gasteiger partial charge in [-0.1, -0.05) is 0 Å². The molecule has 0 rings (SSSR count). The Morgan fingerprint density at radius 2 is 2.11 bits per heavy atom. The SMILES string of the molecule is CC(O)C(F)C(F)=CF. The molecule has 0 aliphatic rings. The lowest BCUT2D eigenvalue weighted by Gasteiger charge is -2.05. The van der Waals surface area contributed by atoms with Crippen molar-refractivity contribution in [2.45, 2.75) is 19.2 Å². The molecule has 1 N–H and O–H groups in total. The molecule has 54 valence electrons. The van der Waals surface area contributed by atoms with Gasteiger partial charge in [0.1, 0.15) is 6.33 Å². The molecule has 2 unspecified atom stereocenters. The van der Waals surface area contributed by atoms with Crippen LogP contribution >= 0.6 is 0 Å². The highest BCUT2D eigenvalue weighted by Crippen LogP contribution is 2.11. The van der Waals surface area contributed by atoms with Crippen molar-refractivity contribution < 1.29 is 18.3 Å². The fourth-order valence-corrected chi connectivity index (χ4v) is 0.291. The maximum absolute atomic E-state index is 12.0. The first-order valence-corrected chi connectivity index (χ1v) is 2.37. The van der Waals surface area contributed by atoms with Gasteiger partial charge in [0.15, 0.2) is 12.0 Å². The summed E-state index contributed by atoms with van der Waals surface area (Å²) < 4.78 is 34.8. The van der Waals surface area contributed by atoms with Crippen molar-refractivity contribution in [2.75, 3.05) is 0 Å². The molecule has 4 heteroatoms. The van der Waals surface area contributed by atoms with E-state index in [9.17, 15) is 13.2 Å². The summed E-state index contributed by atoms with van der Waals surface area (Å²) in [5.74, 6) is -1.58. The van der Waals surface area contributed by atoms with Gasteiger partial charge in [-0.15, -0.1) is 0 Å². The Hall–Kier alpha value is -0.510. The molecule has 1 nitrogen and oxygen atoms in total. The van der Waals surface area contributed by atoms with Gasteiger partial charge in [-0.3, -0.25) is 0 Å². The smallest absolute Gasteiger partial charge is 0.179 e. The van der Waals surface area contributed by atoms with Gasteiger partial charge < -0.3 is 5.11 Å². The Balaban J connectivity index is 3.88. The molecule has 0 spiro atoms. The van der Waals surface area contributed by atoms with Crippen LogP contribution < -0.4 is 0 Å². The van der Waals surface area contributed by atoms with Crippen molar-refractivity contribution in [1.82, 2.24) is 0 Å². The first-order chi connectivity index (χ1) is 4.09. The van der Waals surface area contributed by atoms with Crippen LogP contribution in [0.15, 0.2) is 12.2 Å². The number of rotatable bonds is 2. The minimum atomic E-state index is -2.24. The predicted octanol–water partition coefficient (Wildman–Crippen LogP) is 1.49. The first-order valence-electron chi connectivity index (χ1n) is 2.37. The molecular weight excluding hydrogens is 133 g/mol. The number of aliphatic hydroxyl groups excluding tert-OH is 1. The summed E-state index contributed by atoms with van der Waals surface area (Å²) in [7, 11) is 0. The van der Waals surface area contributed by atoms with E-state index < -0.39 is 24.4 Å². The van der Waals surface area contributed by atoms with Crippen LogP contribution in [0.5, 0.6) is 0 Å². The van der Waals surface area contributed by atoms with Crippen molar-refractivity contribution in [3.63, 3.8) is 0 Å². The molecule has 0 saturated carbocycles. The largest absolute Gasteiger partial charge is 0.390 e. The maximum atomic E-state index is 12.0. The number of halogens is 3. The van der Waals surface area contributed by atoms with E-state index in [1.165, 1.54) is 0 Å². The highest BCUT2D eigenvalue weighted by atomic mass is 19.2. The van der Waals surface area contributed by atoms with Gasteiger partial charge in [0, 0.05) is 0 Å². The lowest BCUT2D eigenvalue weighted by Crippen LogP contribution is -2.17. The Bertz CT molecular complexity index is 111. The van der Waals surface area contributed by atoms with Crippen molar-refractivity contribution in [1.29, 1.82) is 0 Å². The summed E-state index contributed by atoms with van der Waals surface area (Å²) in [5, 5.41) is 8.30. The zero-order chi connectivity index (χ0) is 7.44. The zero-order valence-electron chi connectivity index (χ0n) is 4.81. The monoisotopic (exact) mass is 140 g/mol. The molecule has 0 aliphatic heterocycles. The molecular formula is C5H7F3O. The molecule has 0 saturated heterocycles. The highest BCUT2D eigenvalue weighted by Gasteiger charge is 2.18. The van der Waals surface area contributed by atoms with Crippen LogP contribution in [0, 0.1) is 0 Å². The maximum Gasteiger partial charge on any atom is 0.179 e. The Kier molecular flexibility index (Phi) is 3.30.